The summed E-state index contributed by atoms with van der Waals surface area (Å²) in [6.07, 6.45) is -0.179. The third kappa shape index (κ3) is 5.95. The van der Waals surface area contributed by atoms with E-state index in [2.05, 4.69) is 51.0 Å². The predicted molar refractivity (Wildman–Crippen MR) is 155 cm³/mol. The molecular weight excluding hydrogens is 536 g/mol. The molecular formula is C30H36ClF2N5O2. The molecule has 5 rings (SSSR count). The summed E-state index contributed by atoms with van der Waals surface area (Å²) >= 11 is 6.46. The van der Waals surface area contributed by atoms with Gasteiger partial charge >= 0.3 is 5.97 Å². The van der Waals surface area contributed by atoms with Crippen molar-refractivity contribution in [1.29, 1.82) is 0 Å². The van der Waals surface area contributed by atoms with E-state index >= 15 is 0 Å². The first-order valence-corrected chi connectivity index (χ1v) is 14.4. The van der Waals surface area contributed by atoms with Crippen LogP contribution in [0.25, 0.3) is 11.1 Å². The molecule has 0 N–H and O–H groups in total. The van der Waals surface area contributed by atoms with Crippen molar-refractivity contribution in [3.63, 3.8) is 0 Å². The number of rotatable bonds is 8. The first-order valence-electron chi connectivity index (χ1n) is 14.0. The number of piperidine rings is 1. The highest BCUT2D eigenvalue weighted by Gasteiger charge is 2.32. The Morgan fingerprint density at radius 3 is 2.48 bits per heavy atom. The lowest BCUT2D eigenvalue weighted by Crippen LogP contribution is -2.46. The quantitative estimate of drug-likeness (QED) is 0.296. The van der Waals surface area contributed by atoms with Gasteiger partial charge in [-0.3, -0.25) is 4.68 Å². The van der Waals surface area contributed by atoms with E-state index < -0.39 is 12.4 Å². The molecule has 3 heterocycles. The van der Waals surface area contributed by atoms with Gasteiger partial charge in [0.25, 0.3) is 6.43 Å². The third-order valence-corrected chi connectivity index (χ3v) is 8.18. The number of ether oxygens (including phenoxy) is 1. The molecule has 2 saturated heterocycles. The molecule has 10 heteroatoms. The van der Waals surface area contributed by atoms with E-state index in [1.54, 1.807) is 6.92 Å². The Morgan fingerprint density at radius 1 is 1.05 bits per heavy atom. The average Bonchev–Trinajstić information content (AvgIpc) is 3.44. The zero-order valence-corrected chi connectivity index (χ0v) is 23.8. The molecule has 0 saturated carbocycles. The van der Waals surface area contributed by atoms with Crippen molar-refractivity contribution in [2.75, 3.05) is 62.2 Å². The Kier molecular flexibility index (Phi) is 8.90. The van der Waals surface area contributed by atoms with Crippen LogP contribution >= 0.6 is 11.6 Å². The molecule has 2 aromatic carbocycles. The average molecular weight is 572 g/mol. The van der Waals surface area contributed by atoms with Crippen molar-refractivity contribution in [3.05, 3.63) is 64.9 Å². The van der Waals surface area contributed by atoms with E-state index in [-0.39, 0.29) is 23.9 Å². The van der Waals surface area contributed by atoms with Gasteiger partial charge in [-0.2, -0.15) is 5.10 Å². The largest absolute Gasteiger partial charge is 0.462 e. The van der Waals surface area contributed by atoms with Crippen LogP contribution in [0.15, 0.2) is 48.7 Å². The molecule has 2 aliphatic heterocycles. The van der Waals surface area contributed by atoms with E-state index in [0.717, 1.165) is 62.5 Å². The lowest BCUT2D eigenvalue weighted by Gasteiger charge is -2.36. The van der Waals surface area contributed by atoms with Crippen LogP contribution in [0.2, 0.25) is 5.02 Å². The second-order valence-electron chi connectivity index (χ2n) is 10.3. The number of carbonyl (C=O) groups is 1. The molecule has 0 aliphatic carbocycles. The normalized spacial score (nSPS) is 18.4. The molecule has 1 atom stereocenters. The molecule has 0 amide bonds. The fraction of sp³-hybridized carbons (Fsp3) is 0.467. The summed E-state index contributed by atoms with van der Waals surface area (Å²) in [6, 6.07) is 14.2. The van der Waals surface area contributed by atoms with Gasteiger partial charge in [0.2, 0.25) is 0 Å². The Bertz CT molecular complexity index is 1310. The second kappa shape index (κ2) is 12.6. The molecule has 0 bridgehead atoms. The number of likely N-dealkylation sites (N-methyl/N-ethyl adjacent to an activating group) is 1. The Balaban J connectivity index is 1.39. The van der Waals surface area contributed by atoms with E-state index in [9.17, 15) is 13.6 Å². The summed E-state index contributed by atoms with van der Waals surface area (Å²) < 4.78 is 34.6. The van der Waals surface area contributed by atoms with Gasteiger partial charge in [-0.05, 0) is 56.1 Å². The zero-order chi connectivity index (χ0) is 28.2. The smallest absolute Gasteiger partial charge is 0.341 e. The maximum absolute atomic E-state index is 14.1. The highest BCUT2D eigenvalue weighted by atomic mass is 35.5. The lowest BCUT2D eigenvalue weighted by molar-refractivity contribution is 0.0512. The molecule has 40 heavy (non-hydrogen) atoms. The van der Waals surface area contributed by atoms with Crippen molar-refractivity contribution in [2.45, 2.75) is 39.2 Å². The van der Waals surface area contributed by atoms with Gasteiger partial charge in [0, 0.05) is 61.2 Å². The van der Waals surface area contributed by atoms with Crippen LogP contribution < -0.4 is 9.80 Å². The summed E-state index contributed by atoms with van der Waals surface area (Å²) in [5.74, 6) is -0.774. The maximum atomic E-state index is 14.1. The Morgan fingerprint density at radius 2 is 1.80 bits per heavy atom. The van der Waals surface area contributed by atoms with Gasteiger partial charge in [-0.15, -0.1) is 0 Å². The first-order chi connectivity index (χ1) is 19.4. The van der Waals surface area contributed by atoms with Crippen LogP contribution in [0.3, 0.4) is 0 Å². The number of benzene rings is 2. The van der Waals surface area contributed by atoms with Gasteiger partial charge in [0.1, 0.15) is 11.3 Å². The third-order valence-electron chi connectivity index (χ3n) is 7.94. The fourth-order valence-corrected chi connectivity index (χ4v) is 5.97. The predicted octanol–water partition coefficient (Wildman–Crippen LogP) is 6.30. The number of alkyl halides is 2. The van der Waals surface area contributed by atoms with E-state index in [0.29, 0.717) is 18.0 Å². The number of nitrogens with zero attached hydrogens (tertiary/aromatic N) is 5. The number of piperazine rings is 1. The van der Waals surface area contributed by atoms with Crippen molar-refractivity contribution >= 4 is 28.9 Å². The highest BCUT2D eigenvalue weighted by molar-refractivity contribution is 6.31. The Hall–Kier alpha value is -3.17. The lowest BCUT2D eigenvalue weighted by atomic mass is 9.99. The highest BCUT2D eigenvalue weighted by Crippen LogP contribution is 2.38. The number of halogens is 3. The van der Waals surface area contributed by atoms with Crippen molar-refractivity contribution in [1.82, 2.24) is 14.7 Å². The number of hydrogen-bond acceptors (Lipinski definition) is 6. The summed E-state index contributed by atoms with van der Waals surface area (Å²) in [7, 11) is 0. The summed E-state index contributed by atoms with van der Waals surface area (Å²) in [5, 5.41) is 4.84. The van der Waals surface area contributed by atoms with Crippen molar-refractivity contribution in [2.24, 2.45) is 0 Å². The summed E-state index contributed by atoms with van der Waals surface area (Å²) in [5.41, 5.74) is 3.72. The number of esters is 1. The van der Waals surface area contributed by atoms with Crippen LogP contribution in [-0.2, 0) is 4.74 Å². The van der Waals surface area contributed by atoms with Gasteiger partial charge in [0.05, 0.1) is 18.8 Å². The van der Waals surface area contributed by atoms with Crippen molar-refractivity contribution < 1.29 is 18.3 Å². The van der Waals surface area contributed by atoms with Crippen LogP contribution in [0.4, 0.5) is 20.2 Å². The topological polar surface area (TPSA) is 53.8 Å². The van der Waals surface area contributed by atoms with Crippen molar-refractivity contribution in [3.8, 4) is 11.1 Å². The van der Waals surface area contributed by atoms with E-state index in [1.807, 2.05) is 18.2 Å². The minimum absolute atomic E-state index is 0.109. The minimum atomic E-state index is -2.84. The van der Waals surface area contributed by atoms with Gasteiger partial charge < -0.3 is 19.4 Å². The molecule has 2 aliphatic rings. The van der Waals surface area contributed by atoms with E-state index in [1.165, 1.54) is 16.6 Å². The summed E-state index contributed by atoms with van der Waals surface area (Å²) in [6.45, 7) is 10.4. The molecule has 1 aromatic heterocycles. The van der Waals surface area contributed by atoms with Gasteiger partial charge in [0.15, 0.2) is 0 Å². The standard InChI is InChI=1S/C30H36ClF2N5O2/c1-3-35-14-16-36(17-15-35)23-10-7-21(8-11-23)25-12-9-22(31)18-27(25)37-13-5-6-24(20-37)38-28(29(32)33)26(19-34-38)30(39)40-4-2/h7-12,18-19,24,29H,3-6,13-17,20H2,1-2H3. The zero-order valence-electron chi connectivity index (χ0n) is 23.0. The van der Waals surface area contributed by atoms with Crippen LogP contribution in [0.5, 0.6) is 0 Å². The molecule has 7 nitrogen and oxygen atoms in total. The molecule has 0 spiro atoms. The number of carbonyl (C=O) groups excluding carboxylic acids is 1. The Labute approximate surface area is 239 Å². The molecule has 3 aromatic rings. The number of hydrogen-bond donors (Lipinski definition) is 0. The van der Waals surface area contributed by atoms with Crippen LogP contribution in [-0.4, -0.2) is 73.1 Å². The molecule has 2 fully saturated rings. The molecule has 214 valence electrons. The summed E-state index contributed by atoms with van der Waals surface area (Å²) in [4.78, 5) is 19.4. The fourth-order valence-electron chi connectivity index (χ4n) is 5.80. The maximum Gasteiger partial charge on any atom is 0.341 e. The second-order valence-corrected chi connectivity index (χ2v) is 10.7. The number of aromatic nitrogens is 2. The first kappa shape index (κ1) is 28.4. The van der Waals surface area contributed by atoms with Gasteiger partial charge in [-0.25, -0.2) is 13.6 Å². The number of anilines is 2. The van der Waals surface area contributed by atoms with E-state index in [4.69, 9.17) is 16.3 Å². The molecule has 1 unspecified atom stereocenters. The monoisotopic (exact) mass is 571 g/mol. The van der Waals surface area contributed by atoms with Gasteiger partial charge in [-0.1, -0.05) is 36.7 Å². The molecule has 0 radical (unpaired) electrons. The van der Waals surface area contributed by atoms with Crippen LogP contribution in [0, 0.1) is 0 Å². The minimum Gasteiger partial charge on any atom is -0.462 e. The van der Waals surface area contributed by atoms with Crippen LogP contribution in [0.1, 0.15) is 55.2 Å². The SMILES string of the molecule is CCOC(=O)c1cnn(C2CCCN(c3cc(Cl)ccc3-c3ccc(N4CCN(CC)CC4)cc3)C2)c1C(F)F.